The van der Waals surface area contributed by atoms with Gasteiger partial charge >= 0.3 is 5.97 Å². The molecule has 2 N–H and O–H groups in total. The Kier molecular flexibility index (Phi) is 5.83. The van der Waals surface area contributed by atoms with Gasteiger partial charge in [0.05, 0.1) is 10.6 Å². The number of halogens is 1. The number of amides is 1. The second-order valence-electron chi connectivity index (χ2n) is 3.96. The summed E-state index contributed by atoms with van der Waals surface area (Å²) in [6, 6.07) is 6.57. The Hall–Kier alpha value is -2.06. The number of aliphatic carboxylic acids is 1. The highest BCUT2D eigenvalue weighted by atomic mass is 35.5. The number of benzene rings is 1. The first-order chi connectivity index (χ1) is 9.02. The number of anilines is 1. The number of rotatable bonds is 6. The van der Waals surface area contributed by atoms with E-state index in [0.29, 0.717) is 29.1 Å². The molecule has 0 atom stereocenters. The van der Waals surface area contributed by atoms with Gasteiger partial charge in [-0.2, -0.15) is 5.26 Å². The van der Waals surface area contributed by atoms with Crippen LogP contribution in [0.2, 0.25) is 5.02 Å². The first-order valence-corrected chi connectivity index (χ1v) is 6.12. The van der Waals surface area contributed by atoms with Gasteiger partial charge in [0.25, 0.3) is 0 Å². The SMILES string of the molecule is N#Cc1cc(NC(=O)CCCCC(=O)O)ccc1Cl. The number of carboxylic acids is 1. The molecular formula is C13H13ClN2O3. The van der Waals surface area contributed by atoms with Gasteiger partial charge in [0.15, 0.2) is 0 Å². The van der Waals surface area contributed by atoms with Crippen LogP contribution in [0.25, 0.3) is 0 Å². The zero-order chi connectivity index (χ0) is 14.3. The van der Waals surface area contributed by atoms with Crippen LogP contribution < -0.4 is 5.32 Å². The van der Waals surface area contributed by atoms with Crippen LogP contribution in [0.3, 0.4) is 0 Å². The first kappa shape index (κ1) is 15.0. The van der Waals surface area contributed by atoms with Gasteiger partial charge in [-0.3, -0.25) is 9.59 Å². The number of carbonyl (C=O) groups excluding carboxylic acids is 1. The molecule has 6 heteroatoms. The molecule has 0 heterocycles. The van der Waals surface area contributed by atoms with Crippen LogP contribution in [0.15, 0.2) is 18.2 Å². The monoisotopic (exact) mass is 280 g/mol. The van der Waals surface area contributed by atoms with E-state index in [-0.39, 0.29) is 18.7 Å². The Balaban J connectivity index is 2.44. The normalized spacial score (nSPS) is 9.68. The van der Waals surface area contributed by atoms with Crippen LogP contribution in [0.5, 0.6) is 0 Å². The molecule has 0 aromatic heterocycles. The highest BCUT2D eigenvalue weighted by molar-refractivity contribution is 6.31. The number of carboxylic acid groups (broad SMARTS) is 1. The summed E-state index contributed by atoms with van der Waals surface area (Å²) in [6.07, 6.45) is 1.29. The molecule has 100 valence electrons. The maximum atomic E-state index is 11.6. The van der Waals surface area contributed by atoms with Gasteiger partial charge in [0.2, 0.25) is 5.91 Å². The average molecular weight is 281 g/mol. The quantitative estimate of drug-likeness (QED) is 0.784. The predicted octanol–water partition coefficient (Wildman–Crippen LogP) is 2.80. The molecule has 0 saturated carbocycles. The number of unbranched alkanes of at least 4 members (excludes halogenated alkanes) is 1. The molecule has 0 aliphatic rings. The summed E-state index contributed by atoms with van der Waals surface area (Å²) in [4.78, 5) is 21.9. The van der Waals surface area contributed by atoms with Crippen LogP contribution in [0, 0.1) is 11.3 Å². The zero-order valence-electron chi connectivity index (χ0n) is 10.1. The number of nitrogens with zero attached hydrogens (tertiary/aromatic N) is 1. The van der Waals surface area contributed by atoms with Crippen molar-refractivity contribution >= 4 is 29.2 Å². The summed E-state index contributed by atoms with van der Waals surface area (Å²) >= 11 is 5.77. The Morgan fingerprint density at radius 1 is 1.32 bits per heavy atom. The highest BCUT2D eigenvalue weighted by Crippen LogP contribution is 2.19. The lowest BCUT2D eigenvalue weighted by Crippen LogP contribution is -2.11. The van der Waals surface area contributed by atoms with E-state index in [9.17, 15) is 9.59 Å². The standard InChI is InChI=1S/C13H13ClN2O3/c14-11-6-5-10(7-9(11)8-15)16-12(17)3-1-2-4-13(18)19/h5-7H,1-4H2,(H,16,17)(H,18,19). The number of nitriles is 1. The minimum atomic E-state index is -0.864. The Labute approximate surface area is 115 Å². The summed E-state index contributed by atoms with van der Waals surface area (Å²) in [5, 5.41) is 20.2. The van der Waals surface area contributed by atoms with Crippen molar-refractivity contribution in [1.82, 2.24) is 0 Å². The number of hydrogen-bond donors (Lipinski definition) is 2. The second-order valence-corrected chi connectivity index (χ2v) is 4.36. The lowest BCUT2D eigenvalue weighted by atomic mass is 10.1. The predicted molar refractivity (Wildman–Crippen MR) is 70.9 cm³/mol. The molecule has 0 radical (unpaired) electrons. The minimum Gasteiger partial charge on any atom is -0.481 e. The molecule has 0 bridgehead atoms. The molecule has 0 fully saturated rings. The minimum absolute atomic E-state index is 0.0623. The topological polar surface area (TPSA) is 90.2 Å². The largest absolute Gasteiger partial charge is 0.481 e. The fraction of sp³-hybridized carbons (Fsp3) is 0.308. The summed E-state index contributed by atoms with van der Waals surface area (Å²) in [5.74, 6) is -1.08. The molecule has 1 rings (SSSR count). The third-order valence-electron chi connectivity index (χ3n) is 2.42. The summed E-state index contributed by atoms with van der Waals surface area (Å²) in [6.45, 7) is 0. The van der Waals surface area contributed by atoms with Crippen molar-refractivity contribution in [2.75, 3.05) is 5.32 Å². The highest BCUT2D eigenvalue weighted by Gasteiger charge is 2.06. The lowest BCUT2D eigenvalue weighted by Gasteiger charge is -2.05. The molecule has 0 unspecified atom stereocenters. The molecule has 0 spiro atoms. The third kappa shape index (κ3) is 5.40. The van der Waals surface area contributed by atoms with Crippen molar-refractivity contribution in [2.24, 2.45) is 0 Å². The average Bonchev–Trinajstić information content (AvgIpc) is 2.37. The molecule has 1 aromatic rings. The lowest BCUT2D eigenvalue weighted by molar-refractivity contribution is -0.137. The van der Waals surface area contributed by atoms with Crippen molar-refractivity contribution < 1.29 is 14.7 Å². The van der Waals surface area contributed by atoms with Gasteiger partial charge in [-0.25, -0.2) is 0 Å². The van der Waals surface area contributed by atoms with E-state index >= 15 is 0 Å². The third-order valence-corrected chi connectivity index (χ3v) is 2.74. The molecule has 0 aliphatic carbocycles. The number of nitrogens with one attached hydrogen (secondary N) is 1. The van der Waals surface area contributed by atoms with E-state index in [0.717, 1.165) is 0 Å². The van der Waals surface area contributed by atoms with Crippen molar-refractivity contribution in [3.8, 4) is 6.07 Å². The van der Waals surface area contributed by atoms with Crippen molar-refractivity contribution in [2.45, 2.75) is 25.7 Å². The van der Waals surface area contributed by atoms with Crippen LogP contribution in [0.1, 0.15) is 31.2 Å². The van der Waals surface area contributed by atoms with Gasteiger partial charge in [-0.15, -0.1) is 0 Å². The van der Waals surface area contributed by atoms with Crippen LogP contribution in [-0.2, 0) is 9.59 Å². The van der Waals surface area contributed by atoms with Gasteiger partial charge in [0, 0.05) is 18.5 Å². The van der Waals surface area contributed by atoms with E-state index in [1.54, 1.807) is 12.1 Å². The molecule has 0 aliphatic heterocycles. The molecular weight excluding hydrogens is 268 g/mol. The second kappa shape index (κ2) is 7.39. The summed E-state index contributed by atoms with van der Waals surface area (Å²) in [5.41, 5.74) is 0.800. The fourth-order valence-electron chi connectivity index (χ4n) is 1.47. The zero-order valence-corrected chi connectivity index (χ0v) is 10.9. The smallest absolute Gasteiger partial charge is 0.303 e. The molecule has 19 heavy (non-hydrogen) atoms. The fourth-order valence-corrected chi connectivity index (χ4v) is 1.63. The van der Waals surface area contributed by atoms with Crippen molar-refractivity contribution in [3.63, 3.8) is 0 Å². The van der Waals surface area contributed by atoms with Gasteiger partial charge in [0.1, 0.15) is 6.07 Å². The van der Waals surface area contributed by atoms with Crippen molar-refractivity contribution in [1.29, 1.82) is 5.26 Å². The summed E-state index contributed by atoms with van der Waals surface area (Å²) in [7, 11) is 0. The molecule has 1 amide bonds. The molecule has 1 aromatic carbocycles. The maximum absolute atomic E-state index is 11.6. The molecule has 5 nitrogen and oxygen atoms in total. The van der Waals surface area contributed by atoms with E-state index in [2.05, 4.69) is 5.32 Å². The Morgan fingerprint density at radius 3 is 2.63 bits per heavy atom. The Bertz CT molecular complexity index is 523. The Morgan fingerprint density at radius 2 is 2.00 bits per heavy atom. The van der Waals surface area contributed by atoms with Gasteiger partial charge in [-0.1, -0.05) is 11.6 Å². The van der Waals surface area contributed by atoms with Crippen LogP contribution in [-0.4, -0.2) is 17.0 Å². The van der Waals surface area contributed by atoms with E-state index in [1.165, 1.54) is 6.07 Å². The molecule has 0 saturated heterocycles. The van der Waals surface area contributed by atoms with E-state index in [4.69, 9.17) is 22.0 Å². The summed E-state index contributed by atoms with van der Waals surface area (Å²) < 4.78 is 0. The van der Waals surface area contributed by atoms with Crippen LogP contribution in [0.4, 0.5) is 5.69 Å². The van der Waals surface area contributed by atoms with Crippen molar-refractivity contribution in [3.05, 3.63) is 28.8 Å². The number of hydrogen-bond acceptors (Lipinski definition) is 3. The van der Waals surface area contributed by atoms with E-state index in [1.807, 2.05) is 6.07 Å². The maximum Gasteiger partial charge on any atom is 0.303 e. The van der Waals surface area contributed by atoms with Gasteiger partial charge < -0.3 is 10.4 Å². The number of carbonyl (C=O) groups is 2. The first-order valence-electron chi connectivity index (χ1n) is 5.74. The van der Waals surface area contributed by atoms with E-state index < -0.39 is 5.97 Å². The van der Waals surface area contributed by atoms with Crippen LogP contribution >= 0.6 is 11.6 Å². The van der Waals surface area contributed by atoms with Gasteiger partial charge in [-0.05, 0) is 31.0 Å².